The number of hydrogen-bond acceptors (Lipinski definition) is 2. The van der Waals surface area contributed by atoms with Gasteiger partial charge in [0.05, 0.1) is 0 Å². The van der Waals surface area contributed by atoms with E-state index >= 15 is 0 Å². The molecule has 4 heteroatoms. The van der Waals surface area contributed by atoms with Crippen LogP contribution >= 0.6 is 39.3 Å². The van der Waals surface area contributed by atoms with Crippen LogP contribution in [-0.4, -0.2) is 23.6 Å². The van der Waals surface area contributed by atoms with E-state index in [9.17, 15) is 0 Å². The Labute approximate surface area is 121 Å². The number of anilines is 1. The summed E-state index contributed by atoms with van der Waals surface area (Å²) in [5.41, 5.74) is 2.61. The zero-order chi connectivity index (χ0) is 12.4. The van der Waals surface area contributed by atoms with Crippen molar-refractivity contribution in [3.63, 3.8) is 0 Å². The quantitative estimate of drug-likeness (QED) is 0.729. The SMILES string of the molecule is CC1SCCN(c2cc(Cl)ccc2CBr)C1C. The van der Waals surface area contributed by atoms with Gasteiger partial charge in [-0.2, -0.15) is 11.8 Å². The molecule has 1 fully saturated rings. The first-order valence-corrected chi connectivity index (χ1v) is 8.41. The highest BCUT2D eigenvalue weighted by Gasteiger charge is 2.26. The summed E-state index contributed by atoms with van der Waals surface area (Å²) >= 11 is 11.7. The maximum absolute atomic E-state index is 6.13. The molecular weight excluding hydrogens is 318 g/mol. The molecule has 0 aromatic heterocycles. The largest absolute Gasteiger partial charge is 0.367 e. The maximum atomic E-state index is 6.13. The lowest BCUT2D eigenvalue weighted by Gasteiger charge is -2.40. The minimum absolute atomic E-state index is 0.560. The summed E-state index contributed by atoms with van der Waals surface area (Å²) in [6.07, 6.45) is 0. The third kappa shape index (κ3) is 2.94. The number of alkyl halides is 1. The van der Waals surface area contributed by atoms with Gasteiger partial charge in [0, 0.05) is 39.6 Å². The van der Waals surface area contributed by atoms with E-state index in [-0.39, 0.29) is 0 Å². The monoisotopic (exact) mass is 333 g/mol. The zero-order valence-corrected chi connectivity index (χ0v) is 13.3. The van der Waals surface area contributed by atoms with Crippen molar-refractivity contribution in [2.75, 3.05) is 17.2 Å². The van der Waals surface area contributed by atoms with Gasteiger partial charge >= 0.3 is 0 Å². The topological polar surface area (TPSA) is 3.24 Å². The second kappa shape index (κ2) is 5.85. The van der Waals surface area contributed by atoms with Gasteiger partial charge in [0.15, 0.2) is 0 Å². The van der Waals surface area contributed by atoms with Gasteiger partial charge in [-0.25, -0.2) is 0 Å². The number of rotatable bonds is 2. The van der Waals surface area contributed by atoms with E-state index < -0.39 is 0 Å². The fourth-order valence-corrected chi connectivity index (χ4v) is 3.93. The van der Waals surface area contributed by atoms with Crippen molar-refractivity contribution in [2.45, 2.75) is 30.5 Å². The average Bonchev–Trinajstić information content (AvgIpc) is 2.33. The molecule has 1 aromatic carbocycles. The molecule has 0 N–H and O–H groups in total. The van der Waals surface area contributed by atoms with Gasteiger partial charge in [-0.15, -0.1) is 0 Å². The Morgan fingerprint density at radius 3 is 2.94 bits per heavy atom. The highest BCUT2D eigenvalue weighted by Crippen LogP contribution is 2.33. The van der Waals surface area contributed by atoms with Gasteiger partial charge in [-0.1, -0.05) is 40.5 Å². The van der Waals surface area contributed by atoms with Crippen LogP contribution in [0.3, 0.4) is 0 Å². The summed E-state index contributed by atoms with van der Waals surface area (Å²) in [4.78, 5) is 2.49. The van der Waals surface area contributed by atoms with Crippen molar-refractivity contribution in [2.24, 2.45) is 0 Å². The Balaban J connectivity index is 2.34. The summed E-state index contributed by atoms with van der Waals surface area (Å²) < 4.78 is 0. The van der Waals surface area contributed by atoms with Gasteiger partial charge in [0.25, 0.3) is 0 Å². The number of nitrogens with zero attached hydrogens (tertiary/aromatic N) is 1. The van der Waals surface area contributed by atoms with Gasteiger partial charge in [-0.3, -0.25) is 0 Å². The molecule has 0 spiro atoms. The second-order valence-corrected chi connectivity index (χ2v) is 6.90. The Morgan fingerprint density at radius 1 is 1.47 bits per heavy atom. The van der Waals surface area contributed by atoms with Crippen LogP contribution in [0.25, 0.3) is 0 Å². The Bertz CT molecular complexity index is 399. The van der Waals surface area contributed by atoms with Crippen molar-refractivity contribution in [3.8, 4) is 0 Å². The lowest BCUT2D eigenvalue weighted by Crippen LogP contribution is -2.45. The van der Waals surface area contributed by atoms with Crippen molar-refractivity contribution < 1.29 is 0 Å². The van der Waals surface area contributed by atoms with Gasteiger partial charge < -0.3 is 4.90 Å². The Hall–Kier alpha value is 0.140. The molecule has 17 heavy (non-hydrogen) atoms. The molecule has 0 radical (unpaired) electrons. The van der Waals surface area contributed by atoms with Crippen LogP contribution in [0, 0.1) is 0 Å². The van der Waals surface area contributed by atoms with Crippen LogP contribution in [0.4, 0.5) is 5.69 Å². The van der Waals surface area contributed by atoms with Crippen molar-refractivity contribution >= 4 is 45.0 Å². The standard InChI is InChI=1S/C13H17BrClNS/c1-9-10(2)17-6-5-16(9)13-7-12(15)4-3-11(13)8-14/h3-4,7,9-10H,5-6,8H2,1-2H3. The lowest BCUT2D eigenvalue weighted by molar-refractivity contribution is 0.626. The Kier molecular flexibility index (Phi) is 4.67. The van der Waals surface area contributed by atoms with Crippen molar-refractivity contribution in [1.82, 2.24) is 0 Å². The first-order valence-electron chi connectivity index (χ1n) is 5.86. The van der Waals surface area contributed by atoms with Crippen LogP contribution < -0.4 is 4.90 Å². The van der Waals surface area contributed by atoms with E-state index in [0.717, 1.165) is 16.9 Å². The van der Waals surface area contributed by atoms with Crippen LogP contribution in [0.15, 0.2) is 18.2 Å². The molecular formula is C13H17BrClNS. The third-order valence-corrected chi connectivity index (χ3v) is 5.56. The molecule has 1 aliphatic heterocycles. The summed E-state index contributed by atoms with van der Waals surface area (Å²) in [6.45, 7) is 5.71. The molecule has 0 aliphatic carbocycles. The molecule has 1 nitrogen and oxygen atoms in total. The van der Waals surface area contributed by atoms with Gasteiger partial charge in [0.1, 0.15) is 0 Å². The van der Waals surface area contributed by atoms with E-state index in [1.165, 1.54) is 17.0 Å². The normalized spacial score (nSPS) is 25.1. The van der Waals surface area contributed by atoms with Crippen LogP contribution in [0.5, 0.6) is 0 Å². The molecule has 0 amide bonds. The van der Waals surface area contributed by atoms with Crippen molar-refractivity contribution in [3.05, 3.63) is 28.8 Å². The molecule has 1 aromatic rings. The minimum atomic E-state index is 0.560. The molecule has 2 rings (SSSR count). The van der Waals surface area contributed by atoms with Crippen LogP contribution in [0.1, 0.15) is 19.4 Å². The summed E-state index contributed by atoms with van der Waals surface area (Å²) in [7, 11) is 0. The molecule has 94 valence electrons. The summed E-state index contributed by atoms with van der Waals surface area (Å²) in [6, 6.07) is 6.74. The van der Waals surface area contributed by atoms with Crippen molar-refractivity contribution in [1.29, 1.82) is 0 Å². The van der Waals surface area contributed by atoms with Crippen LogP contribution in [-0.2, 0) is 5.33 Å². The molecule has 1 saturated heterocycles. The first-order chi connectivity index (χ1) is 8.13. The summed E-state index contributed by atoms with van der Waals surface area (Å²) in [5, 5.41) is 2.37. The summed E-state index contributed by atoms with van der Waals surface area (Å²) in [5.74, 6) is 1.19. The highest BCUT2D eigenvalue weighted by molar-refractivity contribution is 9.08. The maximum Gasteiger partial charge on any atom is 0.0426 e. The highest BCUT2D eigenvalue weighted by atomic mass is 79.9. The van der Waals surface area contributed by atoms with E-state index in [1.807, 2.05) is 6.07 Å². The fourth-order valence-electron chi connectivity index (χ4n) is 2.19. The smallest absolute Gasteiger partial charge is 0.0426 e. The predicted octanol–water partition coefficient (Wildman–Crippen LogP) is 4.57. The predicted molar refractivity (Wildman–Crippen MR) is 82.8 cm³/mol. The minimum Gasteiger partial charge on any atom is -0.367 e. The second-order valence-electron chi connectivity index (χ2n) is 4.42. The molecule has 2 unspecified atom stereocenters. The third-order valence-electron chi connectivity index (χ3n) is 3.38. The average molecular weight is 335 g/mol. The van der Waals surface area contributed by atoms with E-state index in [2.05, 4.69) is 58.6 Å². The van der Waals surface area contributed by atoms with E-state index in [4.69, 9.17) is 11.6 Å². The molecule has 0 saturated carbocycles. The number of benzene rings is 1. The molecule has 1 heterocycles. The Morgan fingerprint density at radius 2 is 2.24 bits per heavy atom. The fraction of sp³-hybridized carbons (Fsp3) is 0.538. The molecule has 0 bridgehead atoms. The van der Waals surface area contributed by atoms with Gasteiger partial charge in [-0.05, 0) is 24.6 Å². The number of halogens is 2. The number of hydrogen-bond donors (Lipinski definition) is 0. The molecule has 1 aliphatic rings. The first kappa shape index (κ1) is 13.6. The lowest BCUT2D eigenvalue weighted by atomic mass is 10.1. The molecule has 2 atom stereocenters. The number of thioether (sulfide) groups is 1. The van der Waals surface area contributed by atoms with E-state index in [0.29, 0.717) is 11.3 Å². The van der Waals surface area contributed by atoms with Gasteiger partial charge in [0.2, 0.25) is 0 Å². The van der Waals surface area contributed by atoms with Crippen LogP contribution in [0.2, 0.25) is 5.02 Å². The van der Waals surface area contributed by atoms with E-state index in [1.54, 1.807) is 0 Å². The zero-order valence-electron chi connectivity index (χ0n) is 10.1.